The van der Waals surface area contributed by atoms with Gasteiger partial charge in [-0.15, -0.1) is 0 Å². The van der Waals surface area contributed by atoms with Crippen molar-refractivity contribution in [2.45, 2.75) is 24.7 Å². The monoisotopic (exact) mass is 312 g/mol. The van der Waals surface area contributed by atoms with Gasteiger partial charge in [0.05, 0.1) is 18.0 Å². The van der Waals surface area contributed by atoms with Crippen LogP contribution in [0.4, 0.5) is 0 Å². The van der Waals surface area contributed by atoms with Crippen molar-refractivity contribution in [3.8, 4) is 11.4 Å². The molecule has 118 valence electrons. The molecule has 0 spiro atoms. The Hall–Kier alpha value is -2.76. The van der Waals surface area contributed by atoms with Crippen LogP contribution in [0.3, 0.4) is 0 Å². The number of rotatable bonds is 7. The van der Waals surface area contributed by atoms with Gasteiger partial charge in [-0.1, -0.05) is 12.1 Å². The minimum atomic E-state index is -0.858. The van der Waals surface area contributed by atoms with E-state index in [9.17, 15) is 9.59 Å². The molecule has 0 saturated carbocycles. The second-order valence-electron chi connectivity index (χ2n) is 5.49. The van der Waals surface area contributed by atoms with Crippen LogP contribution in [0.25, 0.3) is 11.4 Å². The summed E-state index contributed by atoms with van der Waals surface area (Å²) in [5.74, 6) is -0.858. The van der Waals surface area contributed by atoms with Crippen LogP contribution < -0.4 is 0 Å². The van der Waals surface area contributed by atoms with E-state index in [1.165, 1.54) is 0 Å². The van der Waals surface area contributed by atoms with E-state index in [2.05, 4.69) is 9.97 Å². The first-order valence-electron chi connectivity index (χ1n) is 7.37. The molecule has 0 unspecified atom stereocenters. The number of aromatic nitrogens is 2. The van der Waals surface area contributed by atoms with Gasteiger partial charge in [0.15, 0.2) is 0 Å². The standard InChI is InChI=1S/C17H16N2O4/c20-11-23-10-7-17(6-5-14(21)22)12-3-1-8-18-15(12)16-13(17)4-2-9-19-16/h1-4,8-9,11H,5-7,10H2,(H,21,22). The fraction of sp³-hybridized carbons (Fsp3) is 0.294. The lowest BCUT2D eigenvalue weighted by Crippen LogP contribution is -2.28. The molecule has 0 aromatic carbocycles. The van der Waals surface area contributed by atoms with Gasteiger partial charge in [-0.05, 0) is 36.1 Å². The number of carbonyl (C=O) groups is 2. The zero-order valence-electron chi connectivity index (χ0n) is 12.4. The Morgan fingerprint density at radius 1 is 1.13 bits per heavy atom. The van der Waals surface area contributed by atoms with E-state index >= 15 is 0 Å². The van der Waals surface area contributed by atoms with Gasteiger partial charge in [0.1, 0.15) is 0 Å². The third-order valence-corrected chi connectivity index (χ3v) is 4.35. The van der Waals surface area contributed by atoms with Crippen LogP contribution >= 0.6 is 0 Å². The Bertz CT molecular complexity index is 699. The van der Waals surface area contributed by atoms with Gasteiger partial charge in [-0.25, -0.2) is 0 Å². The predicted octanol–water partition coefficient (Wildman–Crippen LogP) is 2.17. The zero-order valence-corrected chi connectivity index (χ0v) is 12.4. The van der Waals surface area contributed by atoms with Crippen molar-refractivity contribution in [3.63, 3.8) is 0 Å². The van der Waals surface area contributed by atoms with Crippen molar-refractivity contribution < 1.29 is 19.4 Å². The number of aliphatic carboxylic acids is 1. The number of hydrogen-bond donors (Lipinski definition) is 1. The van der Waals surface area contributed by atoms with Crippen LogP contribution in [0.15, 0.2) is 36.7 Å². The fourth-order valence-electron chi connectivity index (χ4n) is 3.37. The van der Waals surface area contributed by atoms with E-state index in [0.29, 0.717) is 19.3 Å². The summed E-state index contributed by atoms with van der Waals surface area (Å²) in [6, 6.07) is 7.57. The third kappa shape index (κ3) is 2.56. The zero-order chi connectivity index (χ0) is 16.3. The smallest absolute Gasteiger partial charge is 0.303 e. The van der Waals surface area contributed by atoms with E-state index in [1.54, 1.807) is 12.4 Å². The van der Waals surface area contributed by atoms with Gasteiger partial charge in [0.2, 0.25) is 0 Å². The van der Waals surface area contributed by atoms with Crippen molar-refractivity contribution in [2.24, 2.45) is 0 Å². The lowest BCUT2D eigenvalue weighted by atomic mass is 9.73. The molecule has 6 nitrogen and oxygen atoms in total. The number of hydrogen-bond acceptors (Lipinski definition) is 5. The van der Waals surface area contributed by atoms with Gasteiger partial charge in [-0.3, -0.25) is 19.6 Å². The van der Waals surface area contributed by atoms with Gasteiger partial charge >= 0.3 is 5.97 Å². The number of carboxylic acids is 1. The summed E-state index contributed by atoms with van der Waals surface area (Å²) >= 11 is 0. The van der Waals surface area contributed by atoms with Crippen LogP contribution in [-0.2, 0) is 19.7 Å². The largest absolute Gasteiger partial charge is 0.481 e. The number of ether oxygens (including phenoxy) is 1. The Kier molecular flexibility index (Phi) is 4.06. The quantitative estimate of drug-likeness (QED) is 0.622. The number of carbonyl (C=O) groups excluding carboxylic acids is 1. The van der Waals surface area contributed by atoms with Gasteiger partial charge in [0, 0.05) is 24.2 Å². The molecule has 2 aromatic rings. The predicted molar refractivity (Wildman–Crippen MR) is 81.8 cm³/mol. The number of pyridine rings is 2. The summed E-state index contributed by atoms with van der Waals surface area (Å²) in [4.78, 5) is 30.5. The molecule has 0 radical (unpaired) electrons. The minimum absolute atomic E-state index is 0.0176. The first-order chi connectivity index (χ1) is 11.2. The summed E-state index contributed by atoms with van der Waals surface area (Å²) < 4.78 is 4.89. The maximum atomic E-state index is 11.1. The molecule has 0 atom stereocenters. The van der Waals surface area contributed by atoms with E-state index in [0.717, 1.165) is 22.5 Å². The Morgan fingerprint density at radius 2 is 1.74 bits per heavy atom. The van der Waals surface area contributed by atoms with Gasteiger partial charge in [-0.2, -0.15) is 0 Å². The molecule has 2 aromatic heterocycles. The average molecular weight is 312 g/mol. The van der Waals surface area contributed by atoms with Crippen molar-refractivity contribution >= 4 is 12.4 Å². The van der Waals surface area contributed by atoms with E-state index < -0.39 is 11.4 Å². The first kappa shape index (κ1) is 15.1. The van der Waals surface area contributed by atoms with E-state index in [1.807, 2.05) is 24.3 Å². The van der Waals surface area contributed by atoms with E-state index in [-0.39, 0.29) is 13.0 Å². The molecule has 1 aliphatic rings. The maximum absolute atomic E-state index is 11.1. The molecule has 0 fully saturated rings. The highest BCUT2D eigenvalue weighted by Crippen LogP contribution is 2.51. The molecule has 3 rings (SSSR count). The maximum Gasteiger partial charge on any atom is 0.303 e. The van der Waals surface area contributed by atoms with Crippen molar-refractivity contribution in [2.75, 3.05) is 6.61 Å². The number of nitrogens with zero attached hydrogens (tertiary/aromatic N) is 2. The summed E-state index contributed by atoms with van der Waals surface area (Å²) in [7, 11) is 0. The molecule has 2 heterocycles. The topological polar surface area (TPSA) is 89.4 Å². The highest BCUT2D eigenvalue weighted by molar-refractivity contribution is 5.76. The lowest BCUT2D eigenvalue weighted by Gasteiger charge is -2.30. The number of fused-ring (bicyclic) bond motifs is 3. The summed E-state index contributed by atoms with van der Waals surface area (Å²) in [6.07, 6.45) is 4.32. The summed E-state index contributed by atoms with van der Waals surface area (Å²) in [5.41, 5.74) is 2.90. The van der Waals surface area contributed by atoms with Crippen LogP contribution in [0.2, 0.25) is 0 Å². The first-order valence-corrected chi connectivity index (χ1v) is 7.37. The van der Waals surface area contributed by atoms with Gasteiger partial charge in [0.25, 0.3) is 6.47 Å². The lowest BCUT2D eigenvalue weighted by molar-refractivity contribution is -0.137. The molecule has 23 heavy (non-hydrogen) atoms. The normalized spacial score (nSPS) is 13.9. The molecule has 0 amide bonds. The molecule has 0 bridgehead atoms. The minimum Gasteiger partial charge on any atom is -0.481 e. The molecule has 0 saturated heterocycles. The van der Waals surface area contributed by atoms with Crippen molar-refractivity contribution in [1.29, 1.82) is 0 Å². The molecule has 1 N–H and O–H groups in total. The average Bonchev–Trinajstić information content (AvgIpc) is 2.85. The Labute approximate surface area is 133 Å². The van der Waals surface area contributed by atoms with E-state index in [4.69, 9.17) is 9.84 Å². The highest BCUT2D eigenvalue weighted by Gasteiger charge is 2.44. The molecule has 6 heteroatoms. The van der Waals surface area contributed by atoms with Crippen LogP contribution in [0.5, 0.6) is 0 Å². The van der Waals surface area contributed by atoms with Crippen LogP contribution in [-0.4, -0.2) is 34.1 Å². The number of carboxylic acid groups (broad SMARTS) is 1. The third-order valence-electron chi connectivity index (χ3n) is 4.35. The molecular formula is C17H16N2O4. The second kappa shape index (κ2) is 6.16. The Morgan fingerprint density at radius 3 is 2.26 bits per heavy atom. The summed E-state index contributed by atoms with van der Waals surface area (Å²) in [5, 5.41) is 9.14. The fourth-order valence-corrected chi connectivity index (χ4v) is 3.37. The SMILES string of the molecule is O=COCCC1(CCC(=O)O)c2cccnc2-c2ncccc21. The second-order valence-corrected chi connectivity index (χ2v) is 5.49. The molecule has 0 aliphatic heterocycles. The molecule has 1 aliphatic carbocycles. The Balaban J connectivity index is 2.12. The molecular weight excluding hydrogens is 296 g/mol. The highest BCUT2D eigenvalue weighted by atomic mass is 16.5. The van der Waals surface area contributed by atoms with Crippen molar-refractivity contribution in [1.82, 2.24) is 9.97 Å². The van der Waals surface area contributed by atoms with Crippen molar-refractivity contribution in [3.05, 3.63) is 47.8 Å². The van der Waals surface area contributed by atoms with Crippen LogP contribution in [0, 0.1) is 0 Å². The van der Waals surface area contributed by atoms with Crippen LogP contribution in [0.1, 0.15) is 30.4 Å². The summed E-state index contributed by atoms with van der Waals surface area (Å²) in [6.45, 7) is 0.625. The van der Waals surface area contributed by atoms with Gasteiger partial charge < -0.3 is 9.84 Å².